The maximum atomic E-state index is 10.6. The van der Waals surface area contributed by atoms with E-state index >= 15 is 0 Å². The molecule has 0 unspecified atom stereocenters. The maximum absolute atomic E-state index is 10.6. The van der Waals surface area contributed by atoms with Crippen LogP contribution in [0.2, 0.25) is 0 Å². The van der Waals surface area contributed by atoms with E-state index in [0.717, 1.165) is 10.6 Å². The van der Waals surface area contributed by atoms with Crippen molar-refractivity contribution in [3.05, 3.63) is 46.4 Å². The number of carboxylic acids is 1. The van der Waals surface area contributed by atoms with Crippen LogP contribution in [0, 0.1) is 0 Å². The second-order valence-electron chi connectivity index (χ2n) is 3.09. The predicted molar refractivity (Wildman–Crippen MR) is 65.1 cm³/mol. The standard InChI is InChI=1S/C11H9NO2S2/c13-11(14)8-1-3-9(4-2-8)15-6-10-5-12-7-16-10/h1-5,7H,6H2,(H,13,14). The van der Waals surface area contributed by atoms with E-state index in [1.807, 2.05) is 23.8 Å². The van der Waals surface area contributed by atoms with Gasteiger partial charge in [-0.3, -0.25) is 4.98 Å². The number of rotatable bonds is 4. The van der Waals surface area contributed by atoms with Crippen LogP contribution in [0.25, 0.3) is 0 Å². The summed E-state index contributed by atoms with van der Waals surface area (Å²) in [5.41, 5.74) is 2.13. The van der Waals surface area contributed by atoms with Gasteiger partial charge < -0.3 is 5.11 Å². The molecule has 3 nitrogen and oxygen atoms in total. The molecular weight excluding hydrogens is 242 g/mol. The van der Waals surface area contributed by atoms with Crippen molar-refractivity contribution in [1.29, 1.82) is 0 Å². The number of aromatic nitrogens is 1. The lowest BCUT2D eigenvalue weighted by molar-refractivity contribution is 0.0697. The first-order chi connectivity index (χ1) is 7.75. The highest BCUT2D eigenvalue weighted by molar-refractivity contribution is 7.98. The summed E-state index contributed by atoms with van der Waals surface area (Å²) in [6, 6.07) is 6.90. The average molecular weight is 251 g/mol. The van der Waals surface area contributed by atoms with Gasteiger partial charge in [0.25, 0.3) is 0 Å². The fourth-order valence-electron chi connectivity index (χ4n) is 1.16. The van der Waals surface area contributed by atoms with E-state index in [0.29, 0.717) is 5.56 Å². The maximum Gasteiger partial charge on any atom is 0.335 e. The van der Waals surface area contributed by atoms with Crippen LogP contribution < -0.4 is 0 Å². The third-order valence-corrected chi connectivity index (χ3v) is 3.99. The molecule has 0 bridgehead atoms. The number of benzene rings is 1. The molecule has 0 spiro atoms. The van der Waals surface area contributed by atoms with Gasteiger partial charge in [0, 0.05) is 21.7 Å². The van der Waals surface area contributed by atoms with E-state index in [4.69, 9.17) is 5.11 Å². The van der Waals surface area contributed by atoms with E-state index in [1.165, 1.54) is 4.88 Å². The highest BCUT2D eigenvalue weighted by Crippen LogP contribution is 2.24. The molecule has 82 valence electrons. The summed E-state index contributed by atoms with van der Waals surface area (Å²) in [6.07, 6.45) is 1.85. The second-order valence-corrected chi connectivity index (χ2v) is 5.11. The number of aromatic carboxylic acids is 1. The minimum atomic E-state index is -0.890. The Balaban J connectivity index is 1.98. The topological polar surface area (TPSA) is 50.2 Å². The van der Waals surface area contributed by atoms with Crippen molar-refractivity contribution in [2.24, 2.45) is 0 Å². The number of carboxylic acid groups (broad SMARTS) is 1. The van der Waals surface area contributed by atoms with Crippen molar-refractivity contribution in [2.45, 2.75) is 10.6 Å². The van der Waals surface area contributed by atoms with Crippen LogP contribution in [0.15, 0.2) is 40.9 Å². The van der Waals surface area contributed by atoms with Crippen LogP contribution in [-0.4, -0.2) is 16.1 Å². The minimum Gasteiger partial charge on any atom is -0.478 e. The monoisotopic (exact) mass is 251 g/mol. The highest BCUT2D eigenvalue weighted by atomic mass is 32.2. The first-order valence-corrected chi connectivity index (χ1v) is 6.46. The molecule has 0 aliphatic rings. The average Bonchev–Trinajstić information content (AvgIpc) is 2.80. The summed E-state index contributed by atoms with van der Waals surface area (Å²) in [6.45, 7) is 0. The molecule has 2 aromatic rings. The van der Waals surface area contributed by atoms with Gasteiger partial charge >= 0.3 is 5.97 Å². The molecule has 0 saturated carbocycles. The largest absolute Gasteiger partial charge is 0.478 e. The Hall–Kier alpha value is -1.33. The summed E-state index contributed by atoms with van der Waals surface area (Å²) < 4.78 is 0. The van der Waals surface area contributed by atoms with Gasteiger partial charge in [0.15, 0.2) is 0 Å². The number of nitrogens with zero attached hydrogens (tertiary/aromatic N) is 1. The van der Waals surface area contributed by atoms with Gasteiger partial charge in [-0.25, -0.2) is 4.79 Å². The van der Waals surface area contributed by atoms with Crippen molar-refractivity contribution in [3.8, 4) is 0 Å². The molecule has 0 aliphatic heterocycles. The number of carbonyl (C=O) groups is 1. The zero-order valence-electron chi connectivity index (χ0n) is 8.29. The Morgan fingerprint density at radius 2 is 2.12 bits per heavy atom. The van der Waals surface area contributed by atoms with Crippen LogP contribution in [0.1, 0.15) is 15.2 Å². The molecule has 1 aromatic heterocycles. The zero-order chi connectivity index (χ0) is 11.4. The van der Waals surface area contributed by atoms with Gasteiger partial charge in [0.1, 0.15) is 0 Å². The van der Waals surface area contributed by atoms with Gasteiger partial charge in [-0.2, -0.15) is 0 Å². The van der Waals surface area contributed by atoms with Crippen molar-refractivity contribution >= 4 is 29.1 Å². The van der Waals surface area contributed by atoms with Gasteiger partial charge in [-0.1, -0.05) is 0 Å². The molecule has 1 N–H and O–H groups in total. The Morgan fingerprint density at radius 1 is 1.38 bits per heavy atom. The van der Waals surface area contributed by atoms with Crippen molar-refractivity contribution < 1.29 is 9.90 Å². The van der Waals surface area contributed by atoms with Crippen LogP contribution in [0.4, 0.5) is 0 Å². The Morgan fingerprint density at radius 3 is 2.69 bits per heavy atom. The lowest BCUT2D eigenvalue weighted by Crippen LogP contribution is -1.94. The molecule has 2 rings (SSSR count). The molecule has 16 heavy (non-hydrogen) atoms. The molecule has 1 heterocycles. The minimum absolute atomic E-state index is 0.321. The van der Waals surface area contributed by atoms with Crippen molar-refractivity contribution in [1.82, 2.24) is 4.98 Å². The second kappa shape index (κ2) is 5.14. The molecule has 1 aromatic carbocycles. The SMILES string of the molecule is O=C(O)c1ccc(SCc2cncs2)cc1. The Kier molecular flexibility index (Phi) is 3.58. The van der Waals surface area contributed by atoms with Crippen LogP contribution in [-0.2, 0) is 5.75 Å². The number of hydrogen-bond acceptors (Lipinski definition) is 4. The van der Waals surface area contributed by atoms with Crippen molar-refractivity contribution in [2.75, 3.05) is 0 Å². The van der Waals surface area contributed by atoms with E-state index < -0.39 is 5.97 Å². The van der Waals surface area contributed by atoms with Gasteiger partial charge in [0.2, 0.25) is 0 Å². The van der Waals surface area contributed by atoms with Gasteiger partial charge in [-0.15, -0.1) is 23.1 Å². The predicted octanol–water partition coefficient (Wildman–Crippen LogP) is 3.13. The molecule has 0 atom stereocenters. The summed E-state index contributed by atoms with van der Waals surface area (Å²) in [7, 11) is 0. The normalized spacial score (nSPS) is 10.2. The quantitative estimate of drug-likeness (QED) is 0.848. The highest BCUT2D eigenvalue weighted by Gasteiger charge is 2.02. The van der Waals surface area contributed by atoms with Gasteiger partial charge in [0.05, 0.1) is 11.1 Å². The summed E-state index contributed by atoms with van der Waals surface area (Å²) in [4.78, 5) is 16.9. The number of thioether (sulfide) groups is 1. The molecule has 0 radical (unpaired) electrons. The smallest absolute Gasteiger partial charge is 0.335 e. The van der Waals surface area contributed by atoms with Crippen LogP contribution in [0.3, 0.4) is 0 Å². The van der Waals surface area contributed by atoms with E-state index in [1.54, 1.807) is 35.2 Å². The first-order valence-electron chi connectivity index (χ1n) is 4.59. The van der Waals surface area contributed by atoms with Crippen molar-refractivity contribution in [3.63, 3.8) is 0 Å². The molecular formula is C11H9NO2S2. The lowest BCUT2D eigenvalue weighted by Gasteiger charge is -2.00. The zero-order valence-corrected chi connectivity index (χ0v) is 9.92. The molecule has 5 heteroatoms. The first kappa shape index (κ1) is 11.2. The van der Waals surface area contributed by atoms with Crippen LogP contribution in [0.5, 0.6) is 0 Å². The Labute approximate surface area is 101 Å². The molecule has 0 aliphatic carbocycles. The van der Waals surface area contributed by atoms with Crippen LogP contribution >= 0.6 is 23.1 Å². The molecule has 0 fully saturated rings. The fraction of sp³-hybridized carbons (Fsp3) is 0.0909. The van der Waals surface area contributed by atoms with E-state index in [2.05, 4.69) is 4.98 Å². The Bertz CT molecular complexity index is 465. The molecule has 0 saturated heterocycles. The number of hydrogen-bond donors (Lipinski definition) is 1. The van der Waals surface area contributed by atoms with E-state index in [9.17, 15) is 4.79 Å². The lowest BCUT2D eigenvalue weighted by atomic mass is 10.2. The fourth-order valence-corrected chi connectivity index (χ4v) is 2.70. The summed E-state index contributed by atoms with van der Waals surface area (Å²) in [5, 5.41) is 8.74. The van der Waals surface area contributed by atoms with Gasteiger partial charge in [-0.05, 0) is 24.3 Å². The molecule has 0 amide bonds. The summed E-state index contributed by atoms with van der Waals surface area (Å²) >= 11 is 3.30. The van der Waals surface area contributed by atoms with E-state index in [-0.39, 0.29) is 0 Å². The third kappa shape index (κ3) is 2.84. The third-order valence-electron chi connectivity index (χ3n) is 1.97. The summed E-state index contributed by atoms with van der Waals surface area (Å²) in [5.74, 6) is -0.0177. The number of thiazole rings is 1.